The summed E-state index contributed by atoms with van der Waals surface area (Å²) >= 11 is 1.60. The number of rotatable bonds is 23. The van der Waals surface area contributed by atoms with Crippen LogP contribution in [0.25, 0.3) is 11.1 Å². The summed E-state index contributed by atoms with van der Waals surface area (Å²) in [7, 11) is 2.17. The predicted molar refractivity (Wildman–Crippen MR) is 240 cm³/mol. The zero-order chi connectivity index (χ0) is 42.3. The highest BCUT2D eigenvalue weighted by molar-refractivity contribution is 7.99. The lowest BCUT2D eigenvalue weighted by Crippen LogP contribution is -2.54. The number of ether oxygens (including phenoxy) is 1. The van der Waals surface area contributed by atoms with Gasteiger partial charge < -0.3 is 14.7 Å². The van der Waals surface area contributed by atoms with E-state index in [-0.39, 0.29) is 24.5 Å². The van der Waals surface area contributed by atoms with Gasteiger partial charge in [-0.3, -0.25) is 29.4 Å². The van der Waals surface area contributed by atoms with Crippen LogP contribution >= 0.6 is 11.8 Å². The van der Waals surface area contributed by atoms with E-state index in [9.17, 15) is 24.3 Å². The molecule has 1 saturated heterocycles. The maximum absolute atomic E-state index is 13.3. The number of aromatic hydroxyl groups is 1. The number of allylic oxidation sites excluding steroid dienone is 1. The van der Waals surface area contributed by atoms with E-state index in [1.165, 1.54) is 62.5 Å². The van der Waals surface area contributed by atoms with Crippen LogP contribution in [0, 0.1) is 0 Å². The molecule has 1 fully saturated rings. The quantitative estimate of drug-likeness (QED) is 0.0329. The number of likely N-dealkylation sites (N-methyl/N-ethyl adjacent to an activating group) is 1. The first kappa shape index (κ1) is 44.4. The molecule has 10 heteroatoms. The Morgan fingerprint density at radius 3 is 2.02 bits per heavy atom. The van der Waals surface area contributed by atoms with Crippen LogP contribution in [-0.2, 0) is 9.59 Å². The number of nitrogens with one attached hydrogen (secondary N) is 1. The lowest BCUT2D eigenvalue weighted by Gasteiger charge is -2.27. The summed E-state index contributed by atoms with van der Waals surface area (Å²) in [6.07, 6.45) is 13.2. The van der Waals surface area contributed by atoms with Gasteiger partial charge in [0.2, 0.25) is 11.8 Å². The molecule has 4 aromatic carbocycles. The Morgan fingerprint density at radius 2 is 1.37 bits per heavy atom. The number of thioether (sulfide) groups is 1. The largest absolute Gasteiger partial charge is 0.508 e. The molecule has 0 aliphatic carbocycles. The molecule has 4 aromatic rings. The van der Waals surface area contributed by atoms with Crippen molar-refractivity contribution in [1.29, 1.82) is 0 Å². The summed E-state index contributed by atoms with van der Waals surface area (Å²) < 4.78 is 6.15. The summed E-state index contributed by atoms with van der Waals surface area (Å²) in [6.45, 7) is 4.76. The second-order valence-electron chi connectivity index (χ2n) is 15.8. The Balaban J connectivity index is 0.809. The highest BCUT2D eigenvalue weighted by Crippen LogP contribution is 2.37. The SMILES string of the molecule is CCC(=C(c1ccc(O)cc1)c1ccc(OCCN(C)CCCCCCCCCCCCSc2cccc3c2C(=O)N(C2CCC(=O)NC2=O)C3=O)cc1)c1ccccc1. The molecule has 4 amide bonds. The molecule has 1 unspecified atom stereocenters. The minimum Gasteiger partial charge on any atom is -0.508 e. The first-order valence-electron chi connectivity index (χ1n) is 21.7. The van der Waals surface area contributed by atoms with Crippen LogP contribution in [0.1, 0.15) is 128 Å². The van der Waals surface area contributed by atoms with E-state index in [4.69, 9.17) is 4.74 Å². The molecule has 2 aliphatic rings. The van der Waals surface area contributed by atoms with Gasteiger partial charge in [0.25, 0.3) is 11.8 Å². The first-order valence-corrected chi connectivity index (χ1v) is 22.7. The van der Waals surface area contributed by atoms with Crippen molar-refractivity contribution < 1.29 is 29.0 Å². The number of imide groups is 2. The van der Waals surface area contributed by atoms with E-state index in [2.05, 4.69) is 72.7 Å². The molecule has 0 saturated carbocycles. The zero-order valence-electron chi connectivity index (χ0n) is 35.1. The minimum atomic E-state index is -0.944. The molecule has 0 radical (unpaired) electrons. The standard InChI is InChI=1S/C50H59N3O6S/c1-3-41(36-18-13-12-14-19-36)46(37-22-26-39(54)27-23-37)38-24-28-40(29-25-38)59-34-33-52(2)32-15-10-8-6-4-5-7-9-11-16-35-60-44-21-17-20-42-47(44)50(58)53(49(42)57)43-30-31-45(55)51-48(43)56/h12-14,17-29,43,54H,3-11,15-16,30-35H2,1-2H3,(H,51,55,56). The topological polar surface area (TPSA) is 116 Å². The van der Waals surface area contributed by atoms with Crippen LogP contribution in [0.2, 0.25) is 0 Å². The number of phenolic OH excluding ortho intramolecular Hbond substituents is 1. The summed E-state index contributed by atoms with van der Waals surface area (Å²) in [5.41, 5.74) is 6.53. The fourth-order valence-corrected chi connectivity index (χ4v) is 9.23. The van der Waals surface area contributed by atoms with Gasteiger partial charge in [-0.25, -0.2) is 0 Å². The number of hydrogen-bond acceptors (Lipinski definition) is 8. The van der Waals surface area contributed by atoms with Crippen molar-refractivity contribution in [2.45, 2.75) is 101 Å². The zero-order valence-corrected chi connectivity index (χ0v) is 35.9. The average Bonchev–Trinajstić information content (AvgIpc) is 3.51. The molecule has 1 atom stereocenters. The molecule has 0 aromatic heterocycles. The third-order valence-electron chi connectivity index (χ3n) is 11.4. The molecule has 9 nitrogen and oxygen atoms in total. The van der Waals surface area contributed by atoms with E-state index >= 15 is 0 Å². The van der Waals surface area contributed by atoms with Crippen LogP contribution in [0.3, 0.4) is 0 Å². The maximum Gasteiger partial charge on any atom is 0.263 e. The van der Waals surface area contributed by atoms with Crippen LogP contribution in [0.15, 0.2) is 102 Å². The molecule has 316 valence electrons. The Bertz CT molecular complexity index is 2100. The smallest absolute Gasteiger partial charge is 0.263 e. The molecule has 2 heterocycles. The van der Waals surface area contributed by atoms with Crippen molar-refractivity contribution in [2.75, 3.05) is 32.5 Å². The first-order chi connectivity index (χ1) is 29.2. The Hall–Kier alpha value is -5.19. The van der Waals surface area contributed by atoms with E-state index in [1.54, 1.807) is 36.0 Å². The second-order valence-corrected chi connectivity index (χ2v) is 16.9. The number of nitrogens with zero attached hydrogens (tertiary/aromatic N) is 2. The number of carbonyl (C=O) groups excluding carboxylic acids is 4. The molecule has 2 N–H and O–H groups in total. The summed E-state index contributed by atoms with van der Waals surface area (Å²) in [5, 5.41) is 12.2. The molecule has 60 heavy (non-hydrogen) atoms. The van der Waals surface area contributed by atoms with Gasteiger partial charge in [0.1, 0.15) is 24.1 Å². The Labute approximate surface area is 359 Å². The number of piperidine rings is 1. The lowest BCUT2D eigenvalue weighted by atomic mass is 9.88. The number of hydrogen-bond donors (Lipinski definition) is 2. The Morgan fingerprint density at radius 1 is 0.733 bits per heavy atom. The van der Waals surface area contributed by atoms with Gasteiger partial charge >= 0.3 is 0 Å². The van der Waals surface area contributed by atoms with Gasteiger partial charge in [0.15, 0.2) is 0 Å². The number of carbonyl (C=O) groups is 4. The molecular weight excluding hydrogens is 771 g/mol. The number of amides is 4. The predicted octanol–water partition coefficient (Wildman–Crippen LogP) is 10.2. The fourth-order valence-electron chi connectivity index (χ4n) is 8.14. The van der Waals surface area contributed by atoms with E-state index < -0.39 is 23.8 Å². The van der Waals surface area contributed by atoms with Gasteiger partial charge in [0.05, 0.1) is 11.1 Å². The van der Waals surface area contributed by atoms with Gasteiger partial charge in [-0.05, 0) is 109 Å². The van der Waals surface area contributed by atoms with Crippen molar-refractivity contribution in [3.05, 3.63) is 125 Å². The highest BCUT2D eigenvalue weighted by atomic mass is 32.2. The molecule has 0 spiro atoms. The summed E-state index contributed by atoms with van der Waals surface area (Å²) in [5.74, 6) is 0.123. The highest BCUT2D eigenvalue weighted by Gasteiger charge is 2.45. The maximum atomic E-state index is 13.3. The van der Waals surface area contributed by atoms with Crippen LogP contribution in [-0.4, -0.2) is 77.1 Å². The van der Waals surface area contributed by atoms with Crippen molar-refractivity contribution in [3.8, 4) is 11.5 Å². The molecule has 6 rings (SSSR count). The summed E-state index contributed by atoms with van der Waals surface area (Å²) in [4.78, 5) is 54.5. The number of fused-ring (bicyclic) bond motifs is 1. The molecular formula is C50H59N3O6S. The third kappa shape index (κ3) is 11.8. The van der Waals surface area contributed by atoms with Gasteiger partial charge in [-0.15, -0.1) is 11.8 Å². The normalized spacial score (nSPS) is 15.7. The number of unbranched alkanes of at least 4 members (excludes halogenated alkanes) is 9. The lowest BCUT2D eigenvalue weighted by molar-refractivity contribution is -0.136. The van der Waals surface area contributed by atoms with Crippen LogP contribution in [0.4, 0.5) is 0 Å². The van der Waals surface area contributed by atoms with Crippen molar-refractivity contribution in [1.82, 2.24) is 15.1 Å². The van der Waals surface area contributed by atoms with E-state index in [1.807, 2.05) is 24.3 Å². The van der Waals surface area contributed by atoms with Crippen molar-refractivity contribution in [3.63, 3.8) is 0 Å². The van der Waals surface area contributed by atoms with Gasteiger partial charge in [-0.2, -0.15) is 0 Å². The second kappa shape index (κ2) is 22.4. The minimum absolute atomic E-state index is 0.112. The van der Waals surface area contributed by atoms with Crippen LogP contribution in [0.5, 0.6) is 11.5 Å². The van der Waals surface area contributed by atoms with Gasteiger partial charge in [-0.1, -0.05) is 119 Å². The average molecular weight is 830 g/mol. The van der Waals surface area contributed by atoms with E-state index in [0.29, 0.717) is 17.7 Å². The third-order valence-corrected chi connectivity index (χ3v) is 12.6. The summed E-state index contributed by atoms with van der Waals surface area (Å²) in [6, 6.07) is 30.7. The molecule has 2 aliphatic heterocycles. The van der Waals surface area contributed by atoms with Crippen molar-refractivity contribution >= 4 is 46.5 Å². The fraction of sp³-hybridized carbons (Fsp3) is 0.400. The number of phenols is 1. The van der Waals surface area contributed by atoms with Crippen molar-refractivity contribution in [2.24, 2.45) is 0 Å². The monoisotopic (exact) mass is 829 g/mol. The van der Waals surface area contributed by atoms with Gasteiger partial charge in [0, 0.05) is 17.9 Å². The Kier molecular flexibility index (Phi) is 16.6. The number of benzene rings is 4. The van der Waals surface area contributed by atoms with Crippen LogP contribution < -0.4 is 10.1 Å². The van der Waals surface area contributed by atoms with E-state index in [0.717, 1.165) is 70.3 Å². The molecule has 0 bridgehead atoms.